The fraction of sp³-hybridized carbons (Fsp3) is 0.733. The molecule has 2 saturated heterocycles. The third kappa shape index (κ3) is 3.83. The maximum atomic E-state index is 17.6. The highest BCUT2D eigenvalue weighted by Gasteiger charge is 2.78. The average Bonchev–Trinajstić information content (AvgIpc) is 3.64. The van der Waals surface area contributed by atoms with Gasteiger partial charge in [0.05, 0.1) is 12.7 Å². The number of cyclic esters (lactones) is 1. The molecule has 0 aromatic rings. The summed E-state index contributed by atoms with van der Waals surface area (Å²) >= 11 is 0.763. The summed E-state index contributed by atoms with van der Waals surface area (Å²) < 4.78 is 50.3. The van der Waals surface area contributed by atoms with Gasteiger partial charge >= 0.3 is 11.9 Å². The maximum Gasteiger partial charge on any atom is 0.336 e. The predicted octanol–water partition coefficient (Wildman–Crippen LogP) is 3.59. The first-order valence-corrected chi connectivity index (χ1v) is 15.4. The lowest BCUT2D eigenvalue weighted by atomic mass is 9.44. The van der Waals surface area contributed by atoms with Crippen LogP contribution in [0.2, 0.25) is 0 Å². The van der Waals surface area contributed by atoms with E-state index in [-0.39, 0.29) is 31.4 Å². The van der Waals surface area contributed by atoms with Crippen LogP contribution in [0.5, 0.6) is 0 Å². The van der Waals surface area contributed by atoms with Crippen molar-refractivity contribution < 1.29 is 47.3 Å². The topological polar surface area (TPSA) is 116 Å². The van der Waals surface area contributed by atoms with Gasteiger partial charge in [0.25, 0.3) is 0 Å². The third-order valence-corrected chi connectivity index (χ3v) is 12.3. The molecule has 2 aliphatic heterocycles. The Kier molecular flexibility index (Phi) is 6.86. The zero-order chi connectivity index (χ0) is 29.5. The van der Waals surface area contributed by atoms with Crippen LogP contribution in [0.25, 0.3) is 0 Å². The highest BCUT2D eigenvalue weighted by Crippen LogP contribution is 2.72. The fourth-order valence-corrected chi connectivity index (χ4v) is 10.3. The van der Waals surface area contributed by atoms with Gasteiger partial charge in [0, 0.05) is 35.7 Å². The van der Waals surface area contributed by atoms with Crippen LogP contribution < -0.4 is 0 Å². The Hall–Kier alpha value is -2.11. The molecule has 0 amide bonds. The normalized spacial score (nSPS) is 48.6. The van der Waals surface area contributed by atoms with Gasteiger partial charge < -0.3 is 19.3 Å². The number of hydrogen-bond acceptors (Lipinski definition) is 9. The molecule has 2 heterocycles. The van der Waals surface area contributed by atoms with Gasteiger partial charge in [0.15, 0.2) is 23.2 Å². The summed E-state index contributed by atoms with van der Waals surface area (Å²) in [5.74, 6) is -3.97. The van der Waals surface area contributed by atoms with E-state index in [1.165, 1.54) is 19.1 Å². The van der Waals surface area contributed by atoms with Gasteiger partial charge in [0.1, 0.15) is 11.4 Å². The number of carbonyl (C=O) groups excluding carboxylic acids is 4. The van der Waals surface area contributed by atoms with Gasteiger partial charge in [-0.2, -0.15) is 0 Å². The molecule has 0 bridgehead atoms. The second kappa shape index (κ2) is 9.71. The van der Waals surface area contributed by atoms with Crippen LogP contribution in [0.3, 0.4) is 0 Å². The van der Waals surface area contributed by atoms with Crippen LogP contribution >= 0.6 is 11.8 Å². The lowest BCUT2D eigenvalue weighted by Gasteiger charge is -2.63. The van der Waals surface area contributed by atoms with E-state index in [1.54, 1.807) is 13.8 Å². The first kappa shape index (κ1) is 29.0. The largest absolute Gasteiger partial charge is 0.465 e. The number of carbonyl (C=O) groups is 4. The molecule has 0 unspecified atom stereocenters. The standard InChI is InChI=1S/C30H36F2O8S/c1-15-11-17-18-13-20(31)19-12-16(33)6-8-27(19,2)29(18,32)23(34)14-28(17,3)30(15,40-24(35)21-5-4-9-38-21)26(37)41-22-7-10-39-25(22)36/h6,8,12,15,17-18,20-23,34H,4-5,7,9-11,13-14H2,1-3H3/t15-,17+,18+,20+,21+,22+,23+,27+,28+,29+,30+/m1/s1. The number of ketones is 1. The molecule has 6 aliphatic rings. The summed E-state index contributed by atoms with van der Waals surface area (Å²) in [7, 11) is 0. The van der Waals surface area contributed by atoms with Crippen LogP contribution in [-0.2, 0) is 33.4 Å². The Morgan fingerprint density at radius 2 is 1.90 bits per heavy atom. The Labute approximate surface area is 241 Å². The van der Waals surface area contributed by atoms with Crippen LogP contribution in [0.1, 0.15) is 59.3 Å². The molecule has 6 rings (SSSR count). The molecule has 8 nitrogen and oxygen atoms in total. The summed E-state index contributed by atoms with van der Waals surface area (Å²) in [6.45, 7) is 5.55. The average molecular weight is 595 g/mol. The van der Waals surface area contributed by atoms with Gasteiger partial charge in [-0.25, -0.2) is 13.6 Å². The van der Waals surface area contributed by atoms with E-state index in [4.69, 9.17) is 14.2 Å². The van der Waals surface area contributed by atoms with Crippen LogP contribution in [-0.4, -0.2) is 76.1 Å². The second-order valence-electron chi connectivity index (χ2n) is 13.0. The molecule has 0 radical (unpaired) electrons. The van der Waals surface area contributed by atoms with Gasteiger partial charge in [0.2, 0.25) is 5.12 Å². The van der Waals surface area contributed by atoms with Crippen LogP contribution in [0.4, 0.5) is 8.78 Å². The monoisotopic (exact) mass is 594 g/mol. The molecule has 4 aliphatic carbocycles. The Morgan fingerprint density at radius 3 is 2.56 bits per heavy atom. The SMILES string of the molecule is C[C@@H]1C[C@H]2[C@@H]3C[C@H](F)C4=CC(=O)C=C[C@]4(C)[C@@]3(F)[C@@H](O)C[C@]2(C)[C@@]1(OC(=O)[C@@H]1CCCO1)C(=O)S[C@H]1CCOC1=O. The van der Waals surface area contributed by atoms with E-state index in [1.807, 2.05) is 0 Å². The molecular weight excluding hydrogens is 558 g/mol. The number of esters is 2. The first-order valence-electron chi connectivity index (χ1n) is 14.5. The Bertz CT molecular complexity index is 1250. The Morgan fingerprint density at radius 1 is 1.15 bits per heavy atom. The molecule has 0 aromatic carbocycles. The number of halogens is 2. The summed E-state index contributed by atoms with van der Waals surface area (Å²) in [5, 5.41) is 10.4. The molecule has 0 aromatic heterocycles. The predicted molar refractivity (Wildman–Crippen MR) is 143 cm³/mol. The van der Waals surface area contributed by atoms with Crippen molar-refractivity contribution in [3.8, 4) is 0 Å². The van der Waals surface area contributed by atoms with Crippen LogP contribution in [0, 0.1) is 28.6 Å². The van der Waals surface area contributed by atoms with Gasteiger partial charge in [-0.3, -0.25) is 14.4 Å². The Balaban J connectivity index is 1.44. The molecule has 0 spiro atoms. The highest BCUT2D eigenvalue weighted by molar-refractivity contribution is 8.14. The van der Waals surface area contributed by atoms with E-state index in [2.05, 4.69) is 0 Å². The molecule has 11 heteroatoms. The number of aliphatic hydroxyl groups excluding tert-OH is 1. The van der Waals surface area contributed by atoms with Crippen molar-refractivity contribution in [1.82, 2.24) is 0 Å². The van der Waals surface area contributed by atoms with Crippen molar-refractivity contribution in [3.63, 3.8) is 0 Å². The molecule has 11 atom stereocenters. The number of ether oxygens (including phenoxy) is 3. The number of allylic oxidation sites excluding steroid dienone is 4. The van der Waals surface area contributed by atoms with Crippen LogP contribution in [0.15, 0.2) is 23.8 Å². The number of hydrogen-bond donors (Lipinski definition) is 1. The van der Waals surface area contributed by atoms with Crippen molar-refractivity contribution in [1.29, 1.82) is 0 Å². The van der Waals surface area contributed by atoms with Gasteiger partial charge in [-0.1, -0.05) is 31.7 Å². The number of fused-ring (bicyclic) bond motifs is 5. The van der Waals surface area contributed by atoms with E-state index >= 15 is 8.78 Å². The van der Waals surface area contributed by atoms with E-state index in [9.17, 15) is 24.3 Å². The highest BCUT2D eigenvalue weighted by atomic mass is 32.2. The molecule has 1 N–H and O–H groups in total. The number of rotatable bonds is 4. The minimum Gasteiger partial charge on any atom is -0.465 e. The fourth-order valence-electron chi connectivity index (χ4n) is 9.01. The minimum atomic E-state index is -2.33. The van der Waals surface area contributed by atoms with E-state index in [0.29, 0.717) is 25.9 Å². The third-order valence-electron chi connectivity index (χ3n) is 11.1. The zero-order valence-corrected chi connectivity index (χ0v) is 24.2. The van der Waals surface area contributed by atoms with Gasteiger partial charge in [-0.15, -0.1) is 0 Å². The smallest absolute Gasteiger partial charge is 0.336 e. The van der Waals surface area contributed by atoms with Crippen molar-refractivity contribution in [2.75, 3.05) is 13.2 Å². The van der Waals surface area contributed by atoms with E-state index < -0.39 is 86.3 Å². The summed E-state index contributed by atoms with van der Waals surface area (Å²) in [5.41, 5.74) is -6.99. The quantitative estimate of drug-likeness (QED) is 0.488. The van der Waals surface area contributed by atoms with Gasteiger partial charge in [-0.05, 0) is 62.7 Å². The summed E-state index contributed by atoms with van der Waals surface area (Å²) in [6.07, 6.45) is 0.699. The molecule has 5 fully saturated rings. The molecule has 41 heavy (non-hydrogen) atoms. The zero-order valence-electron chi connectivity index (χ0n) is 23.4. The van der Waals surface area contributed by atoms with E-state index in [0.717, 1.165) is 17.8 Å². The summed E-state index contributed by atoms with van der Waals surface area (Å²) in [6, 6.07) is 0. The number of aliphatic hydroxyl groups is 1. The van der Waals surface area contributed by atoms with Crippen molar-refractivity contribution in [3.05, 3.63) is 23.8 Å². The number of thioether (sulfide) groups is 1. The lowest BCUT2D eigenvalue weighted by molar-refractivity contribution is -0.231. The maximum absolute atomic E-state index is 17.6. The van der Waals surface area contributed by atoms with Crippen molar-refractivity contribution in [2.45, 2.75) is 94.2 Å². The van der Waals surface area contributed by atoms with Crippen molar-refractivity contribution in [2.24, 2.45) is 28.6 Å². The minimum absolute atomic E-state index is 0.0138. The lowest BCUT2D eigenvalue weighted by Crippen LogP contribution is -2.71. The summed E-state index contributed by atoms with van der Waals surface area (Å²) in [4.78, 5) is 52.3. The molecule has 224 valence electrons. The molecule has 3 saturated carbocycles. The second-order valence-corrected chi connectivity index (χ2v) is 14.2. The van der Waals surface area contributed by atoms with Crippen molar-refractivity contribution >= 4 is 34.6 Å². The number of alkyl halides is 2. The molecular formula is C30H36F2O8S. The first-order chi connectivity index (χ1) is 19.3.